The average Bonchev–Trinajstić information content (AvgIpc) is 2.86. The van der Waals surface area contributed by atoms with Crippen molar-refractivity contribution in [1.29, 1.82) is 0 Å². The fraction of sp³-hybridized carbons (Fsp3) is 0.391. The number of hydrogen-bond donors (Lipinski definition) is 0. The molecular weight excluding hydrogens is 426 g/mol. The average molecular weight is 451 g/mol. The highest BCUT2D eigenvalue weighted by atomic mass is 16.6. The second-order valence-electron chi connectivity index (χ2n) is 8.32. The second kappa shape index (κ2) is 8.36. The fourth-order valence-corrected chi connectivity index (χ4v) is 4.29. The zero-order valence-electron chi connectivity index (χ0n) is 18.6. The number of carbonyl (C=O) groups excluding carboxylic acids is 1. The molecule has 0 spiro atoms. The van der Waals surface area contributed by atoms with Crippen molar-refractivity contribution in [1.82, 2.24) is 23.9 Å². The lowest BCUT2D eigenvalue weighted by molar-refractivity contribution is 0.0623. The van der Waals surface area contributed by atoms with Crippen LogP contribution in [-0.4, -0.2) is 69.2 Å². The Bertz CT molecular complexity index is 1350. The number of ether oxygens (including phenoxy) is 2. The van der Waals surface area contributed by atoms with E-state index in [0.717, 1.165) is 41.3 Å². The second-order valence-corrected chi connectivity index (χ2v) is 8.32. The Hall–Kier alpha value is -3.66. The quantitative estimate of drug-likeness (QED) is 0.567. The Kier molecular flexibility index (Phi) is 5.37. The molecule has 5 rings (SSSR count). The summed E-state index contributed by atoms with van der Waals surface area (Å²) in [6.45, 7) is 4.49. The van der Waals surface area contributed by atoms with E-state index >= 15 is 0 Å². The summed E-state index contributed by atoms with van der Waals surface area (Å²) in [6, 6.07) is 9.11. The lowest BCUT2D eigenvalue weighted by Gasteiger charge is -2.34. The van der Waals surface area contributed by atoms with Gasteiger partial charge in [-0.05, 0) is 29.8 Å². The Morgan fingerprint density at radius 3 is 2.42 bits per heavy atom. The normalized spacial score (nSPS) is 16.2. The first-order valence-corrected chi connectivity index (χ1v) is 10.9. The van der Waals surface area contributed by atoms with Crippen molar-refractivity contribution in [2.75, 3.05) is 39.4 Å². The molecule has 1 fully saturated rings. The number of pyridine rings is 1. The SMILES string of the molecule is Cn1c(=O)c2ccc(C(=O)N3CCN(Cc4ccc5c(c4)OCCO5)CC3)nc2n(C)c1=O. The number of aryl methyl sites for hydroxylation is 1. The minimum Gasteiger partial charge on any atom is -0.486 e. The largest absolute Gasteiger partial charge is 0.486 e. The van der Waals surface area contributed by atoms with Gasteiger partial charge in [0.1, 0.15) is 24.6 Å². The number of carbonyl (C=O) groups is 1. The standard InChI is InChI=1S/C23H25N5O5/c1-25-20-16(21(29)26(2)23(25)31)4-5-17(24-20)22(30)28-9-7-27(8-10-28)14-15-3-6-18-19(13-15)33-12-11-32-18/h3-6,13H,7-12,14H2,1-2H3. The highest BCUT2D eigenvalue weighted by Gasteiger charge is 2.24. The zero-order valence-corrected chi connectivity index (χ0v) is 18.6. The van der Waals surface area contributed by atoms with E-state index in [9.17, 15) is 14.4 Å². The summed E-state index contributed by atoms with van der Waals surface area (Å²) in [5.74, 6) is 1.35. The van der Waals surface area contributed by atoms with Crippen molar-refractivity contribution in [2.45, 2.75) is 6.54 Å². The van der Waals surface area contributed by atoms with Crippen molar-refractivity contribution >= 4 is 16.9 Å². The Labute approximate surface area is 189 Å². The van der Waals surface area contributed by atoms with Crippen molar-refractivity contribution in [3.05, 3.63) is 62.4 Å². The van der Waals surface area contributed by atoms with E-state index in [4.69, 9.17) is 9.47 Å². The molecule has 10 nitrogen and oxygen atoms in total. The third kappa shape index (κ3) is 3.86. The molecule has 1 amide bonds. The van der Waals surface area contributed by atoms with Crippen LogP contribution in [0, 0.1) is 0 Å². The summed E-state index contributed by atoms with van der Waals surface area (Å²) in [7, 11) is 2.97. The van der Waals surface area contributed by atoms with Crippen LogP contribution in [0.2, 0.25) is 0 Å². The lowest BCUT2D eigenvalue weighted by atomic mass is 10.1. The Morgan fingerprint density at radius 1 is 0.939 bits per heavy atom. The first-order valence-electron chi connectivity index (χ1n) is 10.9. The molecule has 33 heavy (non-hydrogen) atoms. The smallest absolute Gasteiger partial charge is 0.332 e. The summed E-state index contributed by atoms with van der Waals surface area (Å²) in [5.41, 5.74) is 0.680. The first kappa shape index (κ1) is 21.2. The van der Waals surface area contributed by atoms with Crippen molar-refractivity contribution in [2.24, 2.45) is 14.1 Å². The number of benzene rings is 1. The van der Waals surface area contributed by atoms with E-state index < -0.39 is 11.2 Å². The Balaban J connectivity index is 1.27. The van der Waals surface area contributed by atoms with Crippen molar-refractivity contribution in [3.63, 3.8) is 0 Å². The maximum Gasteiger partial charge on any atom is 0.332 e. The van der Waals surface area contributed by atoms with E-state index in [1.165, 1.54) is 11.6 Å². The predicted octanol–water partition coefficient (Wildman–Crippen LogP) is 0.361. The van der Waals surface area contributed by atoms with Gasteiger partial charge in [0.05, 0.1) is 5.39 Å². The molecule has 2 aromatic heterocycles. The summed E-state index contributed by atoms with van der Waals surface area (Å²) < 4.78 is 13.6. The lowest BCUT2D eigenvalue weighted by Crippen LogP contribution is -2.48. The highest BCUT2D eigenvalue weighted by Crippen LogP contribution is 2.31. The summed E-state index contributed by atoms with van der Waals surface area (Å²) in [4.78, 5) is 46.0. The summed E-state index contributed by atoms with van der Waals surface area (Å²) in [6.07, 6.45) is 0. The fourth-order valence-electron chi connectivity index (χ4n) is 4.29. The topological polar surface area (TPSA) is 98.9 Å². The first-order chi connectivity index (χ1) is 15.9. The van der Waals surface area contributed by atoms with Crippen LogP contribution in [0.15, 0.2) is 39.9 Å². The van der Waals surface area contributed by atoms with E-state index in [1.807, 2.05) is 18.2 Å². The van der Waals surface area contributed by atoms with Crippen LogP contribution in [0.1, 0.15) is 16.1 Å². The van der Waals surface area contributed by atoms with E-state index in [2.05, 4.69) is 9.88 Å². The Morgan fingerprint density at radius 2 is 1.67 bits per heavy atom. The van der Waals surface area contributed by atoms with Gasteiger partial charge in [-0.3, -0.25) is 23.6 Å². The maximum atomic E-state index is 13.1. The van der Waals surface area contributed by atoms with Crippen LogP contribution in [0.3, 0.4) is 0 Å². The van der Waals surface area contributed by atoms with Gasteiger partial charge in [0, 0.05) is 46.8 Å². The van der Waals surface area contributed by atoms with Crippen molar-refractivity contribution < 1.29 is 14.3 Å². The molecule has 2 aliphatic heterocycles. The molecule has 0 radical (unpaired) electrons. The number of hydrogen-bond acceptors (Lipinski definition) is 7. The van der Waals surface area contributed by atoms with Gasteiger partial charge < -0.3 is 14.4 Å². The number of nitrogens with zero attached hydrogens (tertiary/aromatic N) is 5. The van der Waals surface area contributed by atoms with Gasteiger partial charge in [-0.15, -0.1) is 0 Å². The molecule has 0 saturated carbocycles. The van der Waals surface area contributed by atoms with Gasteiger partial charge in [0.25, 0.3) is 11.5 Å². The van der Waals surface area contributed by atoms with Crippen LogP contribution in [-0.2, 0) is 20.6 Å². The molecule has 10 heteroatoms. The van der Waals surface area contributed by atoms with E-state index in [0.29, 0.717) is 31.7 Å². The third-order valence-electron chi connectivity index (χ3n) is 6.19. The molecule has 1 saturated heterocycles. The molecule has 4 heterocycles. The summed E-state index contributed by atoms with van der Waals surface area (Å²) in [5, 5.41) is 0.306. The van der Waals surface area contributed by atoms with E-state index in [-0.39, 0.29) is 17.2 Å². The monoisotopic (exact) mass is 451 g/mol. The van der Waals surface area contributed by atoms with Gasteiger partial charge >= 0.3 is 5.69 Å². The number of rotatable bonds is 3. The molecule has 0 unspecified atom stereocenters. The van der Waals surface area contributed by atoms with Crippen LogP contribution in [0.5, 0.6) is 11.5 Å². The number of aromatic nitrogens is 3. The van der Waals surface area contributed by atoms with Gasteiger partial charge in [-0.2, -0.15) is 0 Å². The van der Waals surface area contributed by atoms with E-state index in [1.54, 1.807) is 24.1 Å². The molecule has 0 N–H and O–H groups in total. The highest BCUT2D eigenvalue weighted by molar-refractivity contribution is 5.94. The van der Waals surface area contributed by atoms with Crippen LogP contribution in [0.4, 0.5) is 0 Å². The van der Waals surface area contributed by atoms with Crippen LogP contribution >= 0.6 is 0 Å². The van der Waals surface area contributed by atoms with Gasteiger partial charge in [0.15, 0.2) is 11.5 Å². The van der Waals surface area contributed by atoms with Crippen molar-refractivity contribution in [3.8, 4) is 11.5 Å². The molecule has 172 valence electrons. The summed E-state index contributed by atoms with van der Waals surface area (Å²) >= 11 is 0. The van der Waals surface area contributed by atoms with Gasteiger partial charge in [-0.1, -0.05) is 6.07 Å². The number of fused-ring (bicyclic) bond motifs is 2. The molecule has 0 bridgehead atoms. The molecule has 1 aromatic carbocycles. The molecule has 2 aliphatic rings. The van der Waals surface area contributed by atoms with Gasteiger partial charge in [0.2, 0.25) is 0 Å². The number of amides is 1. The zero-order chi connectivity index (χ0) is 23.1. The predicted molar refractivity (Wildman–Crippen MR) is 121 cm³/mol. The minimum absolute atomic E-state index is 0.205. The minimum atomic E-state index is -0.475. The van der Waals surface area contributed by atoms with Gasteiger partial charge in [-0.25, -0.2) is 9.78 Å². The maximum absolute atomic E-state index is 13.1. The third-order valence-corrected chi connectivity index (χ3v) is 6.19. The van der Waals surface area contributed by atoms with Crippen LogP contribution < -0.4 is 20.7 Å². The molecule has 0 atom stereocenters. The molecule has 3 aromatic rings. The molecular formula is C23H25N5O5. The molecule has 0 aliphatic carbocycles. The van der Waals surface area contributed by atoms with Crippen LogP contribution in [0.25, 0.3) is 11.0 Å². The number of piperazine rings is 1.